The molecule has 2 nitrogen and oxygen atoms in total. The molecule has 5 heteroatoms. The number of aryl methyl sites for hydroxylation is 1. The molecule has 0 aliphatic heterocycles. The average Bonchev–Trinajstić information content (AvgIpc) is 2.29. The number of halogens is 3. The molecule has 0 fully saturated rings. The largest absolute Gasteiger partial charge is 0.234 e. The van der Waals surface area contributed by atoms with Crippen molar-refractivity contribution in [3.63, 3.8) is 0 Å². The monoisotopic (exact) mass is 298 g/mol. The van der Waals surface area contributed by atoms with Crippen molar-refractivity contribution in [2.45, 2.75) is 6.92 Å². The van der Waals surface area contributed by atoms with Crippen LogP contribution in [0.5, 0.6) is 0 Å². The molecule has 0 unspecified atom stereocenters. The molecule has 0 bridgehead atoms. The van der Waals surface area contributed by atoms with Crippen LogP contribution in [-0.2, 0) is 0 Å². The van der Waals surface area contributed by atoms with E-state index in [0.29, 0.717) is 21.0 Å². The van der Waals surface area contributed by atoms with E-state index in [-0.39, 0.29) is 0 Å². The van der Waals surface area contributed by atoms with Crippen molar-refractivity contribution in [2.24, 2.45) is 0 Å². The van der Waals surface area contributed by atoms with Crippen LogP contribution >= 0.6 is 34.8 Å². The molecule has 1 aromatic carbocycles. The molecule has 2 aromatic rings. The Kier molecular flexibility index (Phi) is 4.23. The van der Waals surface area contributed by atoms with Crippen LogP contribution in [0.15, 0.2) is 24.3 Å². The van der Waals surface area contributed by atoms with Gasteiger partial charge in [0.05, 0.1) is 10.0 Å². The van der Waals surface area contributed by atoms with Crippen molar-refractivity contribution < 1.29 is 0 Å². The van der Waals surface area contributed by atoms with Gasteiger partial charge in [-0.05, 0) is 36.8 Å². The fourth-order valence-electron chi connectivity index (χ4n) is 1.41. The van der Waals surface area contributed by atoms with E-state index in [9.17, 15) is 0 Å². The van der Waals surface area contributed by atoms with Crippen LogP contribution in [-0.4, -0.2) is 9.97 Å². The van der Waals surface area contributed by atoms with Gasteiger partial charge in [0, 0.05) is 5.69 Å². The Balaban J connectivity index is 2.27. The van der Waals surface area contributed by atoms with Crippen molar-refractivity contribution in [3.05, 3.63) is 56.5 Å². The average molecular weight is 300 g/mol. The van der Waals surface area contributed by atoms with Gasteiger partial charge in [-0.1, -0.05) is 46.9 Å². The van der Waals surface area contributed by atoms with Crippen molar-refractivity contribution in [1.82, 2.24) is 9.97 Å². The molecule has 1 heterocycles. The number of benzene rings is 1. The summed E-state index contributed by atoms with van der Waals surface area (Å²) in [6.45, 7) is 1.87. The molecule has 0 aliphatic rings. The highest BCUT2D eigenvalue weighted by atomic mass is 35.5. The van der Waals surface area contributed by atoms with Gasteiger partial charge in [0.15, 0.2) is 5.82 Å². The second-order valence-corrected chi connectivity index (χ2v) is 4.90. The highest BCUT2D eigenvalue weighted by molar-refractivity contribution is 6.42. The minimum absolute atomic E-state index is 0.427. The lowest BCUT2D eigenvalue weighted by atomic mass is 10.2. The summed E-state index contributed by atoms with van der Waals surface area (Å²) in [4.78, 5) is 8.35. The molecule has 0 atom stereocenters. The lowest BCUT2D eigenvalue weighted by Gasteiger charge is -1.99. The minimum Gasteiger partial charge on any atom is -0.234 e. The van der Waals surface area contributed by atoms with Crippen LogP contribution in [0.3, 0.4) is 0 Å². The van der Waals surface area contributed by atoms with Crippen LogP contribution in [0, 0.1) is 6.92 Å². The predicted octanol–water partition coefficient (Wildman–Crippen LogP) is 4.92. The van der Waals surface area contributed by atoms with Crippen LogP contribution in [0.1, 0.15) is 17.1 Å². The topological polar surface area (TPSA) is 25.8 Å². The Morgan fingerprint density at radius 2 is 1.72 bits per heavy atom. The van der Waals surface area contributed by atoms with Gasteiger partial charge in [-0.2, -0.15) is 0 Å². The second-order valence-electron chi connectivity index (χ2n) is 3.70. The maximum Gasteiger partial charge on any atom is 0.153 e. The molecule has 2 rings (SSSR count). The molecule has 0 aliphatic carbocycles. The second kappa shape index (κ2) is 5.70. The summed E-state index contributed by atoms with van der Waals surface area (Å²) in [5.41, 5.74) is 1.74. The van der Waals surface area contributed by atoms with Gasteiger partial charge in [0.25, 0.3) is 0 Å². The standard InChI is InChI=1S/C13H9Cl3N2/c1-8-6-12(16)18-13(17-8)5-3-9-2-4-10(14)11(15)7-9/h2-7H,1H3/b5-3+. The summed E-state index contributed by atoms with van der Waals surface area (Å²) in [6.07, 6.45) is 3.63. The van der Waals surface area contributed by atoms with E-state index in [1.165, 1.54) is 0 Å². The highest BCUT2D eigenvalue weighted by Gasteiger charge is 1.99. The Bertz CT molecular complexity index is 589. The quantitative estimate of drug-likeness (QED) is 0.736. The highest BCUT2D eigenvalue weighted by Crippen LogP contribution is 2.23. The minimum atomic E-state index is 0.427. The molecule has 18 heavy (non-hydrogen) atoms. The summed E-state index contributed by atoms with van der Waals surface area (Å²) < 4.78 is 0. The van der Waals surface area contributed by atoms with Gasteiger partial charge in [-0.15, -0.1) is 0 Å². The van der Waals surface area contributed by atoms with E-state index in [2.05, 4.69) is 9.97 Å². The summed E-state index contributed by atoms with van der Waals surface area (Å²) >= 11 is 17.6. The van der Waals surface area contributed by atoms with Gasteiger partial charge < -0.3 is 0 Å². The Morgan fingerprint density at radius 3 is 2.39 bits per heavy atom. The van der Waals surface area contributed by atoms with Crippen LogP contribution < -0.4 is 0 Å². The van der Waals surface area contributed by atoms with Crippen LogP contribution in [0.2, 0.25) is 15.2 Å². The maximum atomic E-state index is 5.93. The fraction of sp³-hybridized carbons (Fsp3) is 0.0769. The molecule has 0 radical (unpaired) electrons. The summed E-state index contributed by atoms with van der Waals surface area (Å²) in [5, 5.41) is 1.47. The third-order valence-electron chi connectivity index (χ3n) is 2.21. The Labute approximate surface area is 120 Å². The van der Waals surface area contributed by atoms with E-state index in [1.807, 2.05) is 19.1 Å². The predicted molar refractivity (Wildman–Crippen MR) is 77.2 cm³/mol. The molecule has 0 N–H and O–H groups in total. The first-order chi connectivity index (χ1) is 8.54. The van der Waals surface area contributed by atoms with Crippen molar-refractivity contribution in [2.75, 3.05) is 0 Å². The first-order valence-corrected chi connectivity index (χ1v) is 6.32. The number of rotatable bonds is 2. The number of aromatic nitrogens is 2. The molecular formula is C13H9Cl3N2. The fourth-order valence-corrected chi connectivity index (χ4v) is 1.96. The van der Waals surface area contributed by atoms with E-state index in [1.54, 1.807) is 24.3 Å². The molecule has 0 saturated heterocycles. The molecule has 1 aromatic heterocycles. The zero-order chi connectivity index (χ0) is 13.1. The van der Waals surface area contributed by atoms with Gasteiger partial charge >= 0.3 is 0 Å². The zero-order valence-corrected chi connectivity index (χ0v) is 11.8. The van der Waals surface area contributed by atoms with Crippen molar-refractivity contribution in [1.29, 1.82) is 0 Å². The van der Waals surface area contributed by atoms with Crippen LogP contribution in [0.4, 0.5) is 0 Å². The van der Waals surface area contributed by atoms with Crippen molar-refractivity contribution >= 4 is 47.0 Å². The molecule has 0 amide bonds. The first kappa shape index (κ1) is 13.3. The third-order valence-corrected chi connectivity index (χ3v) is 3.14. The smallest absolute Gasteiger partial charge is 0.153 e. The van der Waals surface area contributed by atoms with E-state index in [0.717, 1.165) is 11.3 Å². The SMILES string of the molecule is Cc1cc(Cl)nc(/C=C/c2ccc(Cl)c(Cl)c2)n1. The van der Waals surface area contributed by atoms with Gasteiger partial charge in [0.2, 0.25) is 0 Å². The molecule has 0 saturated carbocycles. The van der Waals surface area contributed by atoms with Crippen molar-refractivity contribution in [3.8, 4) is 0 Å². The van der Waals surface area contributed by atoms with Gasteiger partial charge in [-0.3, -0.25) is 0 Å². The third kappa shape index (κ3) is 3.45. The number of hydrogen-bond acceptors (Lipinski definition) is 2. The molecule has 0 spiro atoms. The molecule has 92 valence electrons. The normalized spacial score (nSPS) is 11.1. The molecular weight excluding hydrogens is 291 g/mol. The number of hydrogen-bond donors (Lipinski definition) is 0. The lowest BCUT2D eigenvalue weighted by Crippen LogP contribution is -1.90. The first-order valence-electron chi connectivity index (χ1n) is 5.19. The summed E-state index contributed by atoms with van der Waals surface area (Å²) in [5.74, 6) is 0.561. The Hall–Kier alpha value is -1.09. The van der Waals surface area contributed by atoms with E-state index >= 15 is 0 Å². The summed E-state index contributed by atoms with van der Waals surface area (Å²) in [6, 6.07) is 7.09. The van der Waals surface area contributed by atoms with Crippen LogP contribution in [0.25, 0.3) is 12.2 Å². The van der Waals surface area contributed by atoms with E-state index < -0.39 is 0 Å². The zero-order valence-electron chi connectivity index (χ0n) is 9.49. The van der Waals surface area contributed by atoms with E-state index in [4.69, 9.17) is 34.8 Å². The lowest BCUT2D eigenvalue weighted by molar-refractivity contribution is 1.08. The number of nitrogens with zero attached hydrogens (tertiary/aromatic N) is 2. The van der Waals surface area contributed by atoms with Gasteiger partial charge in [0.1, 0.15) is 5.15 Å². The Morgan fingerprint density at radius 1 is 0.944 bits per heavy atom. The van der Waals surface area contributed by atoms with Gasteiger partial charge in [-0.25, -0.2) is 9.97 Å². The maximum absolute atomic E-state index is 5.93. The summed E-state index contributed by atoms with van der Waals surface area (Å²) in [7, 11) is 0.